The number of aliphatic hydroxyl groups excluding tert-OH is 1. The molecule has 0 radical (unpaired) electrons. The Morgan fingerprint density at radius 2 is 1.91 bits per heavy atom. The fourth-order valence-electron chi connectivity index (χ4n) is 4.97. The number of ether oxygens (including phenoxy) is 3. The van der Waals surface area contributed by atoms with E-state index >= 15 is 0 Å². The van der Waals surface area contributed by atoms with E-state index in [9.17, 15) is 19.6 Å². The fourth-order valence-corrected chi connectivity index (χ4v) is 7.22. The monoisotopic (exact) mass is 770 g/mol. The Labute approximate surface area is 278 Å². The molecule has 2 aromatic carbocycles. The average molecular weight is 771 g/mol. The molecule has 5 rings (SSSR count). The quantitative estimate of drug-likeness (QED) is 0.0705. The van der Waals surface area contributed by atoms with E-state index in [0.29, 0.717) is 9.22 Å². The minimum Gasteiger partial charge on any atom is -0.479 e. The normalized spacial score (nSPS) is 23.5. The number of nitrogens with two attached hydrogens (primary N) is 1. The first-order valence-corrected chi connectivity index (χ1v) is 17.0. The number of rotatable bonds is 12. The maximum absolute atomic E-state index is 14.3. The van der Waals surface area contributed by atoms with Gasteiger partial charge in [0.2, 0.25) is 11.8 Å². The first kappa shape index (κ1) is 34.2. The predicted octanol–water partition coefficient (Wildman–Crippen LogP) is 3.57. The van der Waals surface area contributed by atoms with Crippen LogP contribution in [0, 0.1) is 9.75 Å². The summed E-state index contributed by atoms with van der Waals surface area (Å²) in [7, 11) is -2.96. The molecule has 46 heavy (non-hydrogen) atoms. The van der Waals surface area contributed by atoms with Crippen LogP contribution < -0.4 is 20.1 Å². The molecule has 1 aliphatic rings. The van der Waals surface area contributed by atoms with E-state index in [1.54, 1.807) is 24.3 Å². The predicted molar refractivity (Wildman–Crippen MR) is 176 cm³/mol. The molecular formula is C29H36IN6O9P. The number of aromatic nitrogens is 4. The Balaban J connectivity index is 1.43. The highest BCUT2D eigenvalue weighted by Gasteiger charge is 2.55. The highest BCUT2D eigenvalue weighted by atomic mass is 127. The van der Waals surface area contributed by atoms with E-state index < -0.39 is 50.4 Å². The maximum Gasteiger partial charge on any atom is 0.459 e. The summed E-state index contributed by atoms with van der Waals surface area (Å²) in [5, 5.41) is 26.8. The van der Waals surface area contributed by atoms with Crippen molar-refractivity contribution in [1.29, 1.82) is 0 Å². The molecular weight excluding hydrogens is 734 g/mol. The van der Waals surface area contributed by atoms with Crippen molar-refractivity contribution in [2.45, 2.75) is 57.8 Å². The number of halogens is 1. The van der Waals surface area contributed by atoms with Crippen LogP contribution in [0.4, 0.5) is 5.95 Å². The number of imidazole rings is 1. The van der Waals surface area contributed by atoms with Crippen molar-refractivity contribution in [3.8, 4) is 11.6 Å². The van der Waals surface area contributed by atoms with Crippen LogP contribution in [0.5, 0.6) is 11.6 Å². The lowest BCUT2D eigenvalue weighted by atomic mass is 9.96. The summed E-state index contributed by atoms with van der Waals surface area (Å²) in [6.45, 7) is 6.29. The zero-order valence-electron chi connectivity index (χ0n) is 25.8. The van der Waals surface area contributed by atoms with E-state index in [2.05, 4.69) is 20.0 Å². The summed E-state index contributed by atoms with van der Waals surface area (Å²) in [4.78, 5) is 25.5. The van der Waals surface area contributed by atoms with Crippen LogP contribution in [0.25, 0.3) is 21.9 Å². The Hall–Kier alpha value is -3.12. The number of anilines is 1. The second-order valence-electron chi connectivity index (χ2n) is 11.4. The van der Waals surface area contributed by atoms with Crippen molar-refractivity contribution in [2.75, 3.05) is 26.1 Å². The van der Waals surface area contributed by atoms with E-state index in [0.717, 1.165) is 5.39 Å². The van der Waals surface area contributed by atoms with Gasteiger partial charge in [-0.2, -0.15) is 15.1 Å². The van der Waals surface area contributed by atoms with Crippen LogP contribution in [0.2, 0.25) is 0 Å². The third-order valence-corrected chi connectivity index (χ3v) is 9.70. The van der Waals surface area contributed by atoms with Gasteiger partial charge in [0.15, 0.2) is 21.2 Å². The topological polar surface area (TPSA) is 202 Å². The van der Waals surface area contributed by atoms with Gasteiger partial charge in [0, 0.05) is 28.0 Å². The minimum absolute atomic E-state index is 0.0903. The summed E-state index contributed by atoms with van der Waals surface area (Å²) < 4.78 is 44.7. The number of hydrogen-bond acceptors (Lipinski definition) is 13. The second-order valence-corrected chi connectivity index (χ2v) is 14.1. The number of aliphatic hydroxyl groups is 2. The summed E-state index contributed by atoms with van der Waals surface area (Å²) in [6, 6.07) is 11.5. The van der Waals surface area contributed by atoms with Gasteiger partial charge in [0.05, 0.1) is 20.3 Å². The summed E-state index contributed by atoms with van der Waals surface area (Å²) in [5.41, 5.74) is 4.45. The molecule has 15 nitrogen and oxygen atoms in total. The standard InChI is InChI=1S/C29H36IN6O9P/c1-15(2)13-42-25(38)16(3)35-46(40,45-19-12-8-10-17-9-6-7-11-18(17)19)43-14-20-22(37)29(4,39)26(44-20)36-23-21(32-27(36)30)24(41-5)34-28(31)33-23/h6-12,15-16,20,22,26,37,39H,13-14H2,1-5H3,(H,35,40)(H2,31,33,34)/t16-,20?,22+,26+,29+,46?/m0/s1. The highest BCUT2D eigenvalue weighted by molar-refractivity contribution is 14.1. The molecule has 6 atom stereocenters. The van der Waals surface area contributed by atoms with Gasteiger partial charge in [-0.25, -0.2) is 9.55 Å². The van der Waals surface area contributed by atoms with E-state index in [1.165, 1.54) is 25.5 Å². The highest BCUT2D eigenvalue weighted by Crippen LogP contribution is 2.49. The molecule has 0 saturated carbocycles. The maximum atomic E-state index is 14.3. The van der Waals surface area contributed by atoms with Gasteiger partial charge in [0.1, 0.15) is 29.6 Å². The lowest BCUT2D eigenvalue weighted by Gasteiger charge is -2.28. The van der Waals surface area contributed by atoms with Gasteiger partial charge in [-0.15, -0.1) is 0 Å². The molecule has 0 amide bonds. The number of carbonyl (C=O) groups is 1. The Bertz CT molecular complexity index is 1780. The fraction of sp³-hybridized carbons (Fsp3) is 0.448. The number of carbonyl (C=O) groups excluding carboxylic acids is 1. The molecule has 1 aliphatic heterocycles. The van der Waals surface area contributed by atoms with Crippen molar-refractivity contribution < 1.29 is 42.8 Å². The van der Waals surface area contributed by atoms with Crippen LogP contribution in [-0.2, 0) is 23.4 Å². The molecule has 5 N–H and O–H groups in total. The number of nitrogens with one attached hydrogen (secondary N) is 1. The lowest BCUT2D eigenvalue weighted by Crippen LogP contribution is -2.45. The molecule has 17 heteroatoms. The smallest absolute Gasteiger partial charge is 0.459 e. The van der Waals surface area contributed by atoms with Crippen LogP contribution in [0.3, 0.4) is 0 Å². The molecule has 0 spiro atoms. The number of nitrogens with zero attached hydrogens (tertiary/aromatic N) is 4. The van der Waals surface area contributed by atoms with E-state index in [1.807, 2.05) is 54.6 Å². The molecule has 2 unspecified atom stereocenters. The number of esters is 1. The minimum atomic E-state index is -4.37. The third-order valence-electron chi connectivity index (χ3n) is 7.31. The average Bonchev–Trinajstić information content (AvgIpc) is 3.44. The van der Waals surface area contributed by atoms with Crippen molar-refractivity contribution in [1.82, 2.24) is 24.6 Å². The molecule has 1 saturated heterocycles. The van der Waals surface area contributed by atoms with Crippen molar-refractivity contribution >= 4 is 64.2 Å². The summed E-state index contributed by atoms with van der Waals surface area (Å²) in [6.07, 6.45) is -3.99. The van der Waals surface area contributed by atoms with Crippen molar-refractivity contribution in [2.24, 2.45) is 5.92 Å². The van der Waals surface area contributed by atoms with Gasteiger partial charge in [0.25, 0.3) is 0 Å². The Kier molecular flexibility index (Phi) is 10.1. The number of fused-ring (bicyclic) bond motifs is 2. The molecule has 2 aromatic heterocycles. The SMILES string of the molecule is COc1nc(N)nc2c1nc(I)n2[C@@H]1OC(COP(=O)(N[C@@H](C)C(=O)OCC(C)C)Oc2cccc3ccccc23)[C@@H](O)[C@@]1(C)O. The molecule has 248 valence electrons. The third kappa shape index (κ3) is 6.93. The van der Waals surface area contributed by atoms with Crippen LogP contribution >= 0.6 is 30.3 Å². The Morgan fingerprint density at radius 1 is 1.20 bits per heavy atom. The molecule has 3 heterocycles. The lowest BCUT2D eigenvalue weighted by molar-refractivity contribution is -0.146. The first-order valence-electron chi connectivity index (χ1n) is 14.4. The summed E-state index contributed by atoms with van der Waals surface area (Å²) >= 11 is 1.93. The van der Waals surface area contributed by atoms with Gasteiger partial charge in [-0.05, 0) is 31.2 Å². The molecule has 1 fully saturated rings. The van der Waals surface area contributed by atoms with Gasteiger partial charge in [-0.1, -0.05) is 50.2 Å². The van der Waals surface area contributed by atoms with Crippen molar-refractivity contribution in [3.05, 3.63) is 46.3 Å². The number of nitrogen functional groups attached to an aromatic ring is 1. The Morgan fingerprint density at radius 3 is 2.63 bits per heavy atom. The first-order chi connectivity index (χ1) is 21.7. The van der Waals surface area contributed by atoms with Crippen molar-refractivity contribution in [3.63, 3.8) is 0 Å². The number of benzene rings is 2. The largest absolute Gasteiger partial charge is 0.479 e. The van der Waals surface area contributed by atoms with Crippen LogP contribution in [0.1, 0.15) is 33.9 Å². The van der Waals surface area contributed by atoms with E-state index in [-0.39, 0.29) is 41.3 Å². The van der Waals surface area contributed by atoms with Gasteiger partial charge >= 0.3 is 13.7 Å². The zero-order chi connectivity index (χ0) is 33.4. The van der Waals surface area contributed by atoms with Crippen LogP contribution in [0.15, 0.2) is 42.5 Å². The molecule has 0 bridgehead atoms. The summed E-state index contributed by atoms with van der Waals surface area (Å²) in [5.74, 6) is -0.306. The van der Waals surface area contributed by atoms with E-state index in [4.69, 9.17) is 29.0 Å². The molecule has 0 aliphatic carbocycles. The number of hydrogen-bond donors (Lipinski definition) is 4. The van der Waals surface area contributed by atoms with Crippen LogP contribution in [-0.4, -0.2) is 79.9 Å². The van der Waals surface area contributed by atoms with Gasteiger partial charge in [-0.3, -0.25) is 13.9 Å². The zero-order valence-corrected chi connectivity index (χ0v) is 28.8. The molecule has 4 aromatic rings. The number of methoxy groups -OCH3 is 1. The second kappa shape index (κ2) is 13.5. The van der Waals surface area contributed by atoms with Gasteiger partial charge < -0.3 is 34.7 Å².